The lowest BCUT2D eigenvalue weighted by Crippen LogP contribution is -1.85. The van der Waals surface area contributed by atoms with Crippen molar-refractivity contribution in [3.63, 3.8) is 0 Å². The quantitative estimate of drug-likeness (QED) is 0.513. The molecule has 2 heterocycles. The fraction of sp³-hybridized carbons (Fsp3) is 0. The highest BCUT2D eigenvalue weighted by atomic mass is 35.5. The highest BCUT2D eigenvalue weighted by Gasteiger charge is 2.10. The molecule has 0 bridgehead atoms. The first kappa shape index (κ1) is 13.5. The number of hydrogen-bond acceptors (Lipinski definition) is 2. The molecule has 2 nitrogen and oxygen atoms in total. The third kappa shape index (κ3) is 2.30. The highest BCUT2D eigenvalue weighted by Crippen LogP contribution is 2.34. The summed E-state index contributed by atoms with van der Waals surface area (Å²) < 4.78 is 15.0. The number of rotatable bonds is 2. The predicted molar refractivity (Wildman–Crippen MR) is 88.6 cm³/mol. The summed E-state index contributed by atoms with van der Waals surface area (Å²) in [5, 5.41) is 0. The summed E-state index contributed by atoms with van der Waals surface area (Å²) in [6.45, 7) is 0. The summed E-state index contributed by atoms with van der Waals surface area (Å²) in [6, 6.07) is 15.7. The standard InChI is InChI=1S/C17H9ClFN2S/c18-17-6-5-16(22-17)12-3-1-10(7-13(12)19)11-2-4-14-15(8-11)21-9-20-14/h1-2,4-9H,(H,20,21). The lowest BCUT2D eigenvalue weighted by molar-refractivity contribution is 0.632. The van der Waals surface area contributed by atoms with E-state index in [1.807, 2.05) is 18.2 Å². The van der Waals surface area contributed by atoms with Crippen LogP contribution >= 0.6 is 22.9 Å². The summed E-state index contributed by atoms with van der Waals surface area (Å²) in [7, 11) is 0. The van der Waals surface area contributed by atoms with Gasteiger partial charge in [-0.3, -0.25) is 0 Å². The van der Waals surface area contributed by atoms with Crippen LogP contribution in [0.1, 0.15) is 0 Å². The first-order valence-electron chi connectivity index (χ1n) is 6.61. The number of thiophene rings is 1. The van der Waals surface area contributed by atoms with Gasteiger partial charge in [-0.05, 0) is 53.6 Å². The zero-order chi connectivity index (χ0) is 15.1. The van der Waals surface area contributed by atoms with Crippen LogP contribution in [-0.4, -0.2) is 9.97 Å². The molecule has 0 atom stereocenters. The number of benzene rings is 2. The number of nitrogens with zero attached hydrogens (tertiary/aromatic N) is 1. The van der Waals surface area contributed by atoms with Gasteiger partial charge in [-0.2, -0.15) is 0 Å². The van der Waals surface area contributed by atoms with Crippen molar-refractivity contribution in [2.75, 3.05) is 0 Å². The molecule has 4 aromatic rings. The summed E-state index contributed by atoms with van der Waals surface area (Å²) in [5.74, 6) is -0.307. The van der Waals surface area contributed by atoms with Crippen molar-refractivity contribution in [2.45, 2.75) is 0 Å². The number of aromatic nitrogens is 2. The zero-order valence-electron chi connectivity index (χ0n) is 11.2. The van der Waals surface area contributed by atoms with E-state index in [1.54, 1.807) is 24.5 Å². The number of aromatic amines is 1. The lowest BCUT2D eigenvalue weighted by atomic mass is 10.0. The Morgan fingerprint density at radius 2 is 2.05 bits per heavy atom. The molecule has 0 aliphatic rings. The molecular weight excluding hydrogens is 319 g/mol. The lowest BCUT2D eigenvalue weighted by Gasteiger charge is -2.05. The van der Waals surface area contributed by atoms with Gasteiger partial charge in [0.25, 0.3) is 0 Å². The Kier molecular flexibility index (Phi) is 3.21. The number of hydrogen-bond donors (Lipinski definition) is 1. The third-order valence-electron chi connectivity index (χ3n) is 3.47. The summed E-state index contributed by atoms with van der Waals surface area (Å²) in [4.78, 5) is 8.04. The van der Waals surface area contributed by atoms with Gasteiger partial charge in [0.15, 0.2) is 0 Å². The van der Waals surface area contributed by atoms with Gasteiger partial charge in [-0.1, -0.05) is 17.7 Å². The Hall–Kier alpha value is -2.17. The largest absolute Gasteiger partial charge is 0.345 e. The van der Waals surface area contributed by atoms with E-state index in [1.165, 1.54) is 17.4 Å². The van der Waals surface area contributed by atoms with E-state index in [4.69, 9.17) is 11.6 Å². The van der Waals surface area contributed by atoms with E-state index in [0.29, 0.717) is 9.90 Å². The van der Waals surface area contributed by atoms with E-state index in [2.05, 4.69) is 16.0 Å². The van der Waals surface area contributed by atoms with Gasteiger partial charge in [0.2, 0.25) is 0 Å². The second-order valence-corrected chi connectivity index (χ2v) is 6.56. The molecule has 22 heavy (non-hydrogen) atoms. The van der Waals surface area contributed by atoms with Gasteiger partial charge in [-0.15, -0.1) is 11.3 Å². The molecule has 5 heteroatoms. The SMILES string of the molecule is Fc1cc(-c2ccc3[nH]cnc3c2)c[c]c1-c1ccc(Cl)s1. The second kappa shape index (κ2) is 5.23. The van der Waals surface area contributed by atoms with Gasteiger partial charge in [0, 0.05) is 10.4 Å². The van der Waals surface area contributed by atoms with Crippen LogP contribution in [-0.2, 0) is 0 Å². The number of nitrogens with one attached hydrogen (secondary N) is 1. The molecule has 2 aromatic heterocycles. The molecule has 0 saturated carbocycles. The van der Waals surface area contributed by atoms with E-state index < -0.39 is 0 Å². The van der Waals surface area contributed by atoms with Crippen molar-refractivity contribution in [1.29, 1.82) is 0 Å². The van der Waals surface area contributed by atoms with Crippen molar-refractivity contribution >= 4 is 34.0 Å². The van der Waals surface area contributed by atoms with Gasteiger partial charge in [0.05, 0.1) is 21.7 Å². The van der Waals surface area contributed by atoms with Crippen LogP contribution in [0.4, 0.5) is 4.39 Å². The fourth-order valence-corrected chi connectivity index (χ4v) is 3.44. The Balaban J connectivity index is 1.78. The minimum atomic E-state index is -0.307. The molecule has 1 N–H and O–H groups in total. The van der Waals surface area contributed by atoms with Crippen LogP contribution in [0.25, 0.3) is 32.6 Å². The van der Waals surface area contributed by atoms with Crippen LogP contribution in [0.3, 0.4) is 0 Å². The summed E-state index contributed by atoms with van der Waals surface area (Å²) >= 11 is 7.25. The molecule has 1 radical (unpaired) electrons. The zero-order valence-corrected chi connectivity index (χ0v) is 12.8. The van der Waals surface area contributed by atoms with E-state index in [0.717, 1.165) is 27.0 Å². The van der Waals surface area contributed by atoms with Crippen LogP contribution in [0.15, 0.2) is 48.8 Å². The number of imidazole rings is 1. The normalized spacial score (nSPS) is 11.2. The third-order valence-corrected chi connectivity index (χ3v) is 4.72. The Morgan fingerprint density at radius 1 is 1.14 bits per heavy atom. The molecule has 0 fully saturated rings. The molecule has 0 saturated heterocycles. The van der Waals surface area contributed by atoms with Gasteiger partial charge in [-0.25, -0.2) is 9.37 Å². The molecular formula is C17H9ClFN2S. The first-order valence-corrected chi connectivity index (χ1v) is 7.80. The Bertz CT molecular complexity index is 974. The maximum absolute atomic E-state index is 14.4. The second-order valence-electron chi connectivity index (χ2n) is 4.85. The average molecular weight is 328 g/mol. The average Bonchev–Trinajstić information content (AvgIpc) is 3.15. The molecule has 107 valence electrons. The summed E-state index contributed by atoms with van der Waals surface area (Å²) in [5.41, 5.74) is 3.94. The molecule has 2 aromatic carbocycles. The van der Waals surface area contributed by atoms with E-state index in [-0.39, 0.29) is 5.82 Å². The van der Waals surface area contributed by atoms with E-state index in [9.17, 15) is 4.39 Å². The van der Waals surface area contributed by atoms with Crippen LogP contribution < -0.4 is 0 Å². The van der Waals surface area contributed by atoms with Crippen molar-refractivity contribution in [3.05, 3.63) is 65.0 Å². The maximum Gasteiger partial charge on any atom is 0.133 e. The first-order chi connectivity index (χ1) is 10.7. The molecule has 0 aliphatic carbocycles. The maximum atomic E-state index is 14.4. The number of halogens is 2. The topological polar surface area (TPSA) is 28.7 Å². The fourth-order valence-electron chi connectivity index (χ4n) is 2.38. The Morgan fingerprint density at radius 3 is 2.82 bits per heavy atom. The highest BCUT2D eigenvalue weighted by molar-refractivity contribution is 7.19. The van der Waals surface area contributed by atoms with Crippen molar-refractivity contribution in [1.82, 2.24) is 9.97 Å². The molecule has 0 aliphatic heterocycles. The van der Waals surface area contributed by atoms with Crippen molar-refractivity contribution in [3.8, 4) is 21.6 Å². The predicted octanol–water partition coefficient (Wildman–Crippen LogP) is 5.55. The number of fused-ring (bicyclic) bond motifs is 1. The monoisotopic (exact) mass is 327 g/mol. The van der Waals surface area contributed by atoms with Crippen molar-refractivity contribution < 1.29 is 4.39 Å². The van der Waals surface area contributed by atoms with Crippen LogP contribution in [0, 0.1) is 11.9 Å². The van der Waals surface area contributed by atoms with Crippen LogP contribution in [0.2, 0.25) is 4.34 Å². The molecule has 0 unspecified atom stereocenters. The van der Waals surface area contributed by atoms with Crippen LogP contribution in [0.5, 0.6) is 0 Å². The van der Waals surface area contributed by atoms with Crippen molar-refractivity contribution in [2.24, 2.45) is 0 Å². The Labute approximate surface area is 135 Å². The molecule has 4 rings (SSSR count). The smallest absolute Gasteiger partial charge is 0.133 e. The van der Waals surface area contributed by atoms with E-state index >= 15 is 0 Å². The minimum absolute atomic E-state index is 0.307. The van der Waals surface area contributed by atoms with Gasteiger partial charge >= 0.3 is 0 Å². The summed E-state index contributed by atoms with van der Waals surface area (Å²) in [6.07, 6.45) is 1.64. The van der Waals surface area contributed by atoms with Gasteiger partial charge < -0.3 is 4.98 Å². The molecule has 0 amide bonds. The van der Waals surface area contributed by atoms with Gasteiger partial charge in [0.1, 0.15) is 5.82 Å². The molecule has 0 spiro atoms. The number of H-pyrrole nitrogens is 1. The minimum Gasteiger partial charge on any atom is -0.345 e.